The van der Waals surface area contributed by atoms with Gasteiger partial charge < -0.3 is 5.32 Å². The van der Waals surface area contributed by atoms with E-state index >= 15 is 0 Å². The molecule has 212 valence electrons. The van der Waals surface area contributed by atoms with Gasteiger partial charge in [0, 0.05) is 30.6 Å². The predicted octanol–water partition coefficient (Wildman–Crippen LogP) is 4.38. The van der Waals surface area contributed by atoms with Crippen molar-refractivity contribution in [1.29, 1.82) is 0 Å². The number of sulfonamides is 1. The fourth-order valence-corrected chi connectivity index (χ4v) is 6.59. The second-order valence-corrected chi connectivity index (χ2v) is 11.7. The Balaban J connectivity index is 1.36. The largest absolute Gasteiger partial charge is 0.451 e. The number of pyridine rings is 1. The molecule has 2 aromatic heterocycles. The summed E-state index contributed by atoms with van der Waals surface area (Å²) < 4.78 is 94.1. The van der Waals surface area contributed by atoms with Crippen LogP contribution in [0.3, 0.4) is 0 Å². The van der Waals surface area contributed by atoms with E-state index < -0.39 is 52.0 Å². The molecule has 8 nitrogen and oxygen atoms in total. The van der Waals surface area contributed by atoms with E-state index in [-0.39, 0.29) is 23.8 Å². The molecule has 5 rings (SSSR count). The zero-order valence-electron chi connectivity index (χ0n) is 21.1. The molecular weight excluding hydrogens is 557 g/mol. The maximum atomic E-state index is 14.7. The van der Waals surface area contributed by atoms with E-state index in [1.165, 1.54) is 6.92 Å². The van der Waals surface area contributed by atoms with E-state index in [0.29, 0.717) is 16.8 Å². The van der Waals surface area contributed by atoms with Gasteiger partial charge in [0.1, 0.15) is 18.0 Å². The van der Waals surface area contributed by atoms with E-state index in [9.17, 15) is 35.2 Å². The molecule has 3 unspecified atom stereocenters. The summed E-state index contributed by atoms with van der Waals surface area (Å²) in [7, 11) is -4.32. The average Bonchev–Trinajstić information content (AvgIpc) is 3.71. The SMILES string of the molecule is CC1C(F)CC(C(=O)NCc2cc(-c3cnc(C(F)(F)F)nc3)c(C3CC3)cn2)N1S(=O)(=O)c1ccc(F)cc1. The zero-order valence-corrected chi connectivity index (χ0v) is 21.9. The van der Waals surface area contributed by atoms with Gasteiger partial charge in [0.05, 0.1) is 23.2 Å². The van der Waals surface area contributed by atoms with Crippen LogP contribution < -0.4 is 5.32 Å². The number of hydrogen-bond acceptors (Lipinski definition) is 6. The highest BCUT2D eigenvalue weighted by atomic mass is 32.2. The molecule has 1 aliphatic heterocycles. The van der Waals surface area contributed by atoms with Crippen molar-refractivity contribution in [3.05, 3.63) is 71.8 Å². The van der Waals surface area contributed by atoms with Gasteiger partial charge >= 0.3 is 6.18 Å². The van der Waals surface area contributed by atoms with E-state index in [0.717, 1.165) is 59.4 Å². The smallest absolute Gasteiger partial charge is 0.349 e. The number of carbonyl (C=O) groups excluding carboxylic acids is 1. The Morgan fingerprint density at radius 3 is 2.33 bits per heavy atom. The Kier molecular flexibility index (Phi) is 7.33. The summed E-state index contributed by atoms with van der Waals surface area (Å²) in [6.45, 7) is 1.21. The number of amides is 1. The number of nitrogens with zero attached hydrogens (tertiary/aromatic N) is 4. The van der Waals surface area contributed by atoms with Crippen LogP contribution in [0.5, 0.6) is 0 Å². The molecule has 0 spiro atoms. The fraction of sp³-hybridized carbons (Fsp3) is 0.385. The average molecular weight is 582 g/mol. The van der Waals surface area contributed by atoms with Crippen molar-refractivity contribution in [2.75, 3.05) is 0 Å². The summed E-state index contributed by atoms with van der Waals surface area (Å²) in [5.74, 6) is -2.46. The third-order valence-corrected chi connectivity index (χ3v) is 9.05. The molecule has 0 radical (unpaired) electrons. The molecule has 3 aromatic rings. The second kappa shape index (κ2) is 10.5. The Morgan fingerprint density at radius 1 is 1.07 bits per heavy atom. The van der Waals surface area contributed by atoms with Crippen LogP contribution in [0.2, 0.25) is 0 Å². The monoisotopic (exact) mass is 581 g/mol. The quantitative estimate of drug-likeness (QED) is 0.416. The molecule has 3 heterocycles. The molecule has 1 aromatic carbocycles. The molecule has 40 heavy (non-hydrogen) atoms. The molecular formula is C26H24F5N5O3S. The minimum atomic E-state index is -4.68. The number of aromatic nitrogens is 3. The van der Waals surface area contributed by atoms with E-state index in [1.54, 1.807) is 12.3 Å². The summed E-state index contributed by atoms with van der Waals surface area (Å²) >= 11 is 0. The summed E-state index contributed by atoms with van der Waals surface area (Å²) in [6, 6.07) is 3.16. The van der Waals surface area contributed by atoms with Gasteiger partial charge in [0.2, 0.25) is 21.8 Å². The van der Waals surface area contributed by atoms with Crippen molar-refractivity contribution in [3.63, 3.8) is 0 Å². The number of hydrogen-bond donors (Lipinski definition) is 1. The molecule has 1 amide bonds. The zero-order chi connectivity index (χ0) is 28.8. The summed E-state index contributed by atoms with van der Waals surface area (Å²) in [5.41, 5.74) is 2.10. The highest BCUT2D eigenvalue weighted by Crippen LogP contribution is 2.44. The second-order valence-electron chi connectivity index (χ2n) is 9.85. The standard InChI is InChI=1S/C26H24F5N5O3S/c1-14-22(28)9-23(36(14)40(38,39)19-6-4-17(27)5-7-19)24(37)33-12-18-8-20(21(13-32-18)15-2-3-15)16-10-34-25(35-11-16)26(29,30)31/h4-8,10-11,13-15,22-23H,2-3,9,12H2,1H3,(H,33,37). The number of carbonyl (C=O) groups is 1. The Bertz CT molecular complexity index is 1510. The molecule has 0 bridgehead atoms. The van der Waals surface area contributed by atoms with Gasteiger partial charge in [-0.05, 0) is 67.1 Å². The molecule has 1 aliphatic carbocycles. The van der Waals surface area contributed by atoms with Gasteiger partial charge in [0.15, 0.2) is 0 Å². The number of benzene rings is 1. The van der Waals surface area contributed by atoms with Crippen molar-refractivity contribution in [2.24, 2.45) is 0 Å². The van der Waals surface area contributed by atoms with Gasteiger partial charge in [-0.2, -0.15) is 17.5 Å². The normalized spacial score (nSPS) is 21.9. The summed E-state index contributed by atoms with van der Waals surface area (Å²) in [5, 5.41) is 2.60. The Labute approximate surface area is 226 Å². The minimum Gasteiger partial charge on any atom is -0.349 e. The predicted molar refractivity (Wildman–Crippen MR) is 132 cm³/mol. The van der Waals surface area contributed by atoms with Crippen molar-refractivity contribution >= 4 is 15.9 Å². The minimum absolute atomic E-state index is 0.148. The first-order chi connectivity index (χ1) is 18.9. The highest BCUT2D eigenvalue weighted by molar-refractivity contribution is 7.89. The van der Waals surface area contributed by atoms with Crippen LogP contribution in [-0.4, -0.2) is 51.8 Å². The van der Waals surface area contributed by atoms with Crippen LogP contribution in [0.25, 0.3) is 11.1 Å². The lowest BCUT2D eigenvalue weighted by molar-refractivity contribution is -0.145. The Hall–Kier alpha value is -3.52. The number of nitrogens with one attached hydrogen (secondary N) is 1. The summed E-state index contributed by atoms with van der Waals surface area (Å²) in [6.07, 6.45) is -1.10. The molecule has 3 atom stereocenters. The summed E-state index contributed by atoms with van der Waals surface area (Å²) in [4.78, 5) is 24.1. The maximum absolute atomic E-state index is 14.7. The van der Waals surface area contributed by atoms with Crippen molar-refractivity contribution in [3.8, 4) is 11.1 Å². The van der Waals surface area contributed by atoms with E-state index in [1.807, 2.05) is 0 Å². The molecule has 1 saturated carbocycles. The number of rotatable bonds is 7. The lowest BCUT2D eigenvalue weighted by Crippen LogP contribution is -2.48. The van der Waals surface area contributed by atoms with Crippen LogP contribution in [0.1, 0.15) is 49.2 Å². The first kappa shape index (κ1) is 28.0. The van der Waals surface area contributed by atoms with Crippen LogP contribution in [-0.2, 0) is 27.5 Å². The Morgan fingerprint density at radius 2 is 1.73 bits per heavy atom. The number of alkyl halides is 4. The van der Waals surface area contributed by atoms with Crippen molar-refractivity contribution < 1.29 is 35.2 Å². The van der Waals surface area contributed by atoms with Gasteiger partial charge in [-0.25, -0.2) is 27.2 Å². The van der Waals surface area contributed by atoms with Gasteiger partial charge in [-0.15, -0.1) is 0 Å². The van der Waals surface area contributed by atoms with E-state index in [2.05, 4.69) is 20.3 Å². The molecule has 1 saturated heterocycles. The van der Waals surface area contributed by atoms with Crippen LogP contribution >= 0.6 is 0 Å². The third kappa shape index (κ3) is 5.55. The van der Waals surface area contributed by atoms with E-state index in [4.69, 9.17) is 0 Å². The van der Waals surface area contributed by atoms with Gasteiger partial charge in [0.25, 0.3) is 0 Å². The van der Waals surface area contributed by atoms with Crippen LogP contribution in [0.4, 0.5) is 22.0 Å². The molecule has 2 fully saturated rings. The van der Waals surface area contributed by atoms with Gasteiger partial charge in [-0.1, -0.05) is 0 Å². The van der Waals surface area contributed by atoms with Crippen molar-refractivity contribution in [1.82, 2.24) is 24.6 Å². The maximum Gasteiger partial charge on any atom is 0.451 e. The fourth-order valence-electron chi connectivity index (χ4n) is 4.78. The van der Waals surface area contributed by atoms with Crippen molar-refractivity contribution in [2.45, 2.75) is 68.0 Å². The van der Waals surface area contributed by atoms with Gasteiger partial charge in [-0.3, -0.25) is 9.78 Å². The third-order valence-electron chi connectivity index (χ3n) is 7.04. The first-order valence-corrected chi connectivity index (χ1v) is 13.9. The van der Waals surface area contributed by atoms with Crippen LogP contribution in [0, 0.1) is 5.82 Å². The molecule has 2 aliphatic rings. The topological polar surface area (TPSA) is 105 Å². The van der Waals surface area contributed by atoms with Crippen LogP contribution in [0.15, 0.2) is 53.8 Å². The number of halogens is 5. The molecule has 1 N–H and O–H groups in total. The lowest BCUT2D eigenvalue weighted by Gasteiger charge is -2.26. The lowest BCUT2D eigenvalue weighted by atomic mass is 10.00. The highest BCUT2D eigenvalue weighted by Gasteiger charge is 2.49. The molecule has 14 heteroatoms. The first-order valence-electron chi connectivity index (χ1n) is 12.5.